The first-order valence-corrected chi connectivity index (χ1v) is 7.75. The molecule has 0 aromatic carbocycles. The minimum atomic E-state index is -0.470. The zero-order valence-corrected chi connectivity index (χ0v) is 14.2. The van der Waals surface area contributed by atoms with E-state index < -0.39 is 5.60 Å². The van der Waals surface area contributed by atoms with E-state index in [1.807, 2.05) is 27.8 Å². The van der Waals surface area contributed by atoms with E-state index in [1.54, 1.807) is 15.8 Å². The van der Waals surface area contributed by atoms with Gasteiger partial charge in [-0.25, -0.2) is 4.79 Å². The lowest BCUT2D eigenvalue weighted by Crippen LogP contribution is -2.56. The van der Waals surface area contributed by atoms with Crippen molar-refractivity contribution in [2.45, 2.75) is 45.8 Å². The predicted molar refractivity (Wildman–Crippen MR) is 86.9 cm³/mol. The average Bonchev–Trinajstić information content (AvgIpc) is 2.75. The number of hydrogen-bond acceptors (Lipinski definition) is 5. The zero-order chi connectivity index (χ0) is 16.5. The van der Waals surface area contributed by atoms with E-state index in [9.17, 15) is 4.79 Å². The number of aromatic nitrogens is 2. The highest BCUT2D eigenvalue weighted by atomic mass is 16.6. The average molecular weight is 309 g/mol. The zero-order valence-electron chi connectivity index (χ0n) is 14.2. The lowest BCUT2D eigenvalue weighted by atomic mass is 10.1. The lowest BCUT2D eigenvalue weighted by Gasteiger charge is -2.42. The first kappa shape index (κ1) is 16.5. The fraction of sp³-hybridized carbons (Fsp3) is 0.733. The van der Waals surface area contributed by atoms with E-state index in [0.29, 0.717) is 18.8 Å². The SMILES string of the molecule is CC[C@H]1CN(C(=O)OC(C)(C)C)CCN1c1c(N)cnn1C. The van der Waals surface area contributed by atoms with Crippen LogP contribution in [0.25, 0.3) is 0 Å². The van der Waals surface area contributed by atoms with E-state index in [0.717, 1.165) is 18.8 Å². The number of ether oxygens (including phenoxy) is 1. The Bertz CT molecular complexity index is 515. The summed E-state index contributed by atoms with van der Waals surface area (Å²) in [5, 5.41) is 4.21. The highest BCUT2D eigenvalue weighted by Gasteiger charge is 2.33. The van der Waals surface area contributed by atoms with Crippen molar-refractivity contribution in [2.75, 3.05) is 30.3 Å². The van der Waals surface area contributed by atoms with Gasteiger partial charge in [0.05, 0.1) is 11.9 Å². The molecule has 1 aromatic rings. The fourth-order valence-electron chi connectivity index (χ4n) is 2.78. The number of hydrogen-bond donors (Lipinski definition) is 1. The van der Waals surface area contributed by atoms with Crippen LogP contribution in [0.3, 0.4) is 0 Å². The van der Waals surface area contributed by atoms with Crippen LogP contribution in [-0.4, -0.2) is 52.1 Å². The molecule has 22 heavy (non-hydrogen) atoms. The smallest absolute Gasteiger partial charge is 0.410 e. The number of piperazine rings is 1. The minimum absolute atomic E-state index is 0.207. The van der Waals surface area contributed by atoms with Gasteiger partial charge in [0.2, 0.25) is 0 Å². The molecule has 0 bridgehead atoms. The maximum absolute atomic E-state index is 12.2. The second-order valence-electron chi connectivity index (χ2n) is 6.73. The molecule has 0 spiro atoms. The van der Waals surface area contributed by atoms with Gasteiger partial charge in [-0.3, -0.25) is 4.68 Å². The molecule has 1 saturated heterocycles. The summed E-state index contributed by atoms with van der Waals surface area (Å²) >= 11 is 0. The Balaban J connectivity index is 2.10. The monoisotopic (exact) mass is 309 g/mol. The number of carbonyl (C=O) groups excluding carboxylic acids is 1. The maximum atomic E-state index is 12.2. The Morgan fingerprint density at radius 3 is 2.64 bits per heavy atom. The Morgan fingerprint density at radius 2 is 2.14 bits per heavy atom. The molecular formula is C15H27N5O2. The molecule has 1 atom stereocenters. The number of nitrogens with zero attached hydrogens (tertiary/aromatic N) is 4. The number of nitrogen functional groups attached to an aromatic ring is 1. The second kappa shape index (κ2) is 6.06. The van der Waals surface area contributed by atoms with Gasteiger partial charge in [0.1, 0.15) is 11.4 Å². The molecule has 0 unspecified atom stereocenters. The van der Waals surface area contributed by atoms with Crippen LogP contribution in [0, 0.1) is 0 Å². The van der Waals surface area contributed by atoms with Gasteiger partial charge in [0.25, 0.3) is 0 Å². The number of amides is 1. The van der Waals surface area contributed by atoms with E-state index >= 15 is 0 Å². The van der Waals surface area contributed by atoms with Crippen LogP contribution in [0.1, 0.15) is 34.1 Å². The summed E-state index contributed by atoms with van der Waals surface area (Å²) in [7, 11) is 1.89. The molecule has 2 heterocycles. The number of anilines is 2. The lowest BCUT2D eigenvalue weighted by molar-refractivity contribution is 0.0213. The fourth-order valence-corrected chi connectivity index (χ4v) is 2.78. The molecule has 1 aromatic heterocycles. The highest BCUT2D eigenvalue weighted by Crippen LogP contribution is 2.27. The molecule has 0 aliphatic carbocycles. The third kappa shape index (κ3) is 3.45. The van der Waals surface area contributed by atoms with Crippen molar-refractivity contribution in [1.29, 1.82) is 0 Å². The molecule has 1 fully saturated rings. The van der Waals surface area contributed by atoms with Crippen LogP contribution < -0.4 is 10.6 Å². The molecule has 1 aliphatic rings. The number of carbonyl (C=O) groups is 1. The summed E-state index contributed by atoms with van der Waals surface area (Å²) in [6.45, 7) is 9.74. The Kier molecular flexibility index (Phi) is 4.53. The van der Waals surface area contributed by atoms with Crippen LogP contribution in [0.15, 0.2) is 6.20 Å². The van der Waals surface area contributed by atoms with Crippen LogP contribution in [0.4, 0.5) is 16.3 Å². The summed E-state index contributed by atoms with van der Waals surface area (Å²) in [4.78, 5) is 16.3. The molecule has 0 saturated carbocycles. The molecule has 7 heteroatoms. The topological polar surface area (TPSA) is 76.6 Å². The van der Waals surface area contributed by atoms with Gasteiger partial charge >= 0.3 is 6.09 Å². The molecule has 1 amide bonds. The van der Waals surface area contributed by atoms with Crippen molar-refractivity contribution in [3.63, 3.8) is 0 Å². The minimum Gasteiger partial charge on any atom is -0.444 e. The maximum Gasteiger partial charge on any atom is 0.410 e. The standard InChI is InChI=1S/C15H27N5O2/c1-6-11-10-19(14(21)22-15(2,3)4)7-8-20(11)13-12(16)9-17-18(13)5/h9,11H,6-8,10,16H2,1-5H3/t11-/m0/s1. The van der Waals surface area contributed by atoms with Crippen molar-refractivity contribution in [3.05, 3.63) is 6.20 Å². The normalized spacial score (nSPS) is 19.4. The van der Waals surface area contributed by atoms with E-state index in [1.165, 1.54) is 0 Å². The van der Waals surface area contributed by atoms with Crippen molar-refractivity contribution < 1.29 is 9.53 Å². The van der Waals surface area contributed by atoms with Gasteiger partial charge in [0, 0.05) is 32.7 Å². The number of nitrogens with two attached hydrogens (primary N) is 1. The van der Waals surface area contributed by atoms with Crippen molar-refractivity contribution in [1.82, 2.24) is 14.7 Å². The second-order valence-corrected chi connectivity index (χ2v) is 6.73. The Labute approximate surface area is 132 Å². The van der Waals surface area contributed by atoms with Crippen LogP contribution in [-0.2, 0) is 11.8 Å². The van der Waals surface area contributed by atoms with Crippen LogP contribution in [0.5, 0.6) is 0 Å². The Morgan fingerprint density at radius 1 is 1.45 bits per heavy atom. The molecule has 2 rings (SSSR count). The van der Waals surface area contributed by atoms with Gasteiger partial charge in [-0.05, 0) is 27.2 Å². The molecule has 124 valence electrons. The molecule has 7 nitrogen and oxygen atoms in total. The summed E-state index contributed by atoms with van der Waals surface area (Å²) < 4.78 is 7.26. The number of rotatable bonds is 2. The third-order valence-corrected chi connectivity index (χ3v) is 3.81. The summed E-state index contributed by atoms with van der Waals surface area (Å²) in [6.07, 6.45) is 2.34. The first-order chi connectivity index (χ1) is 10.2. The highest BCUT2D eigenvalue weighted by molar-refractivity contribution is 5.69. The van der Waals surface area contributed by atoms with Gasteiger partial charge in [-0.1, -0.05) is 6.92 Å². The largest absolute Gasteiger partial charge is 0.444 e. The van der Waals surface area contributed by atoms with Gasteiger partial charge in [-0.2, -0.15) is 5.10 Å². The predicted octanol–water partition coefficient (Wildman–Crippen LogP) is 1.84. The van der Waals surface area contributed by atoms with Crippen LogP contribution >= 0.6 is 0 Å². The summed E-state index contributed by atoms with van der Waals surface area (Å²) in [6, 6.07) is 0.207. The van der Waals surface area contributed by atoms with Crippen molar-refractivity contribution in [2.24, 2.45) is 7.05 Å². The molecule has 0 radical (unpaired) electrons. The van der Waals surface area contributed by atoms with E-state index in [2.05, 4.69) is 16.9 Å². The van der Waals surface area contributed by atoms with Gasteiger partial charge in [-0.15, -0.1) is 0 Å². The van der Waals surface area contributed by atoms with Crippen molar-refractivity contribution >= 4 is 17.6 Å². The first-order valence-electron chi connectivity index (χ1n) is 7.75. The van der Waals surface area contributed by atoms with Crippen LogP contribution in [0.2, 0.25) is 0 Å². The van der Waals surface area contributed by atoms with Crippen molar-refractivity contribution in [3.8, 4) is 0 Å². The van der Waals surface area contributed by atoms with E-state index in [-0.39, 0.29) is 12.1 Å². The summed E-state index contributed by atoms with van der Waals surface area (Å²) in [5.74, 6) is 0.927. The quantitative estimate of drug-likeness (QED) is 0.902. The number of aryl methyl sites for hydroxylation is 1. The Hall–Kier alpha value is -1.92. The van der Waals surface area contributed by atoms with Gasteiger partial charge < -0.3 is 20.3 Å². The summed E-state index contributed by atoms with van der Waals surface area (Å²) in [5.41, 5.74) is 6.24. The van der Waals surface area contributed by atoms with E-state index in [4.69, 9.17) is 10.5 Å². The molecular weight excluding hydrogens is 282 g/mol. The van der Waals surface area contributed by atoms with Gasteiger partial charge in [0.15, 0.2) is 0 Å². The third-order valence-electron chi connectivity index (χ3n) is 3.81. The molecule has 1 aliphatic heterocycles. The molecule has 2 N–H and O–H groups in total.